The van der Waals surface area contributed by atoms with Gasteiger partial charge in [-0.2, -0.15) is 0 Å². The molecule has 1 atom stereocenters. The third-order valence-corrected chi connectivity index (χ3v) is 7.20. The molecule has 1 aliphatic heterocycles. The van der Waals surface area contributed by atoms with Crippen molar-refractivity contribution in [2.75, 3.05) is 25.4 Å². The summed E-state index contributed by atoms with van der Waals surface area (Å²) in [6.07, 6.45) is 0. The smallest absolute Gasteiger partial charge is 0.254 e. The number of fused-ring (bicyclic) bond motifs is 1. The van der Waals surface area contributed by atoms with Crippen molar-refractivity contribution in [2.45, 2.75) is 18.0 Å². The molecule has 3 aromatic carbocycles. The highest BCUT2D eigenvalue weighted by atomic mass is 32.2. The van der Waals surface area contributed by atoms with E-state index < -0.39 is 0 Å². The first-order valence-electron chi connectivity index (χ1n) is 11.7. The molecule has 1 unspecified atom stereocenters. The number of thioether (sulfide) groups is 1. The Kier molecular flexibility index (Phi) is 6.77. The van der Waals surface area contributed by atoms with E-state index in [9.17, 15) is 9.59 Å². The van der Waals surface area contributed by atoms with Crippen molar-refractivity contribution in [1.29, 1.82) is 0 Å². The van der Waals surface area contributed by atoms with Gasteiger partial charge in [-0.25, -0.2) is 0 Å². The molecule has 6 nitrogen and oxygen atoms in total. The molecule has 0 bridgehead atoms. The average molecular weight is 483 g/mol. The van der Waals surface area contributed by atoms with E-state index >= 15 is 0 Å². The molecule has 5 rings (SSSR count). The summed E-state index contributed by atoms with van der Waals surface area (Å²) in [6, 6.07) is 27.5. The van der Waals surface area contributed by atoms with Crippen LogP contribution in [0.15, 0.2) is 90.0 Å². The summed E-state index contributed by atoms with van der Waals surface area (Å²) in [5.41, 5.74) is 2.50. The largest absolute Gasteiger partial charge is 0.338 e. The number of benzene rings is 3. The SMILES string of the molecule is CC1CN(C(=O)CSc2ccc(-c3ccccc3)nn2)CCN1C(=O)c1ccc2ccccc2c1. The fourth-order valence-electron chi connectivity index (χ4n) is 4.36. The molecule has 1 aliphatic rings. The van der Waals surface area contributed by atoms with Crippen LogP contribution < -0.4 is 0 Å². The van der Waals surface area contributed by atoms with Gasteiger partial charge in [-0.3, -0.25) is 9.59 Å². The van der Waals surface area contributed by atoms with Gasteiger partial charge in [0.2, 0.25) is 5.91 Å². The van der Waals surface area contributed by atoms with Gasteiger partial charge < -0.3 is 9.80 Å². The summed E-state index contributed by atoms with van der Waals surface area (Å²) >= 11 is 1.39. The summed E-state index contributed by atoms with van der Waals surface area (Å²) in [5.74, 6) is 0.358. The van der Waals surface area contributed by atoms with E-state index in [1.54, 1.807) is 0 Å². The molecular formula is C28H26N4O2S. The van der Waals surface area contributed by atoms with Crippen LogP contribution >= 0.6 is 11.8 Å². The minimum atomic E-state index is -0.0541. The van der Waals surface area contributed by atoms with Crippen LogP contribution in [0, 0.1) is 0 Å². The minimum absolute atomic E-state index is 0.0125. The number of hydrogen-bond acceptors (Lipinski definition) is 5. The normalized spacial score (nSPS) is 15.9. The lowest BCUT2D eigenvalue weighted by Gasteiger charge is -2.40. The Morgan fingerprint density at radius 2 is 1.66 bits per heavy atom. The van der Waals surface area contributed by atoms with Crippen LogP contribution in [0.5, 0.6) is 0 Å². The molecule has 0 spiro atoms. The molecule has 1 fully saturated rings. The van der Waals surface area contributed by atoms with Crippen LogP contribution in [-0.4, -0.2) is 63.2 Å². The molecule has 2 amide bonds. The van der Waals surface area contributed by atoms with Crippen molar-refractivity contribution in [3.63, 3.8) is 0 Å². The number of rotatable bonds is 5. The third kappa shape index (κ3) is 5.20. The van der Waals surface area contributed by atoms with Crippen molar-refractivity contribution in [3.8, 4) is 11.3 Å². The molecule has 1 aromatic heterocycles. The summed E-state index contributed by atoms with van der Waals surface area (Å²) in [4.78, 5) is 29.7. The molecular weight excluding hydrogens is 456 g/mol. The molecule has 176 valence electrons. The monoisotopic (exact) mass is 482 g/mol. The van der Waals surface area contributed by atoms with Gasteiger partial charge >= 0.3 is 0 Å². The highest BCUT2D eigenvalue weighted by Crippen LogP contribution is 2.22. The van der Waals surface area contributed by atoms with Gasteiger partial charge in [0.15, 0.2) is 0 Å². The van der Waals surface area contributed by atoms with E-state index in [4.69, 9.17) is 0 Å². The molecule has 2 heterocycles. The number of carbonyl (C=O) groups is 2. The Balaban J connectivity index is 1.16. The molecule has 0 N–H and O–H groups in total. The quantitative estimate of drug-likeness (QED) is 0.384. The molecule has 7 heteroatoms. The second-order valence-electron chi connectivity index (χ2n) is 8.66. The molecule has 4 aromatic rings. The van der Waals surface area contributed by atoms with E-state index in [0.717, 1.165) is 27.1 Å². The van der Waals surface area contributed by atoms with Crippen molar-refractivity contribution in [3.05, 3.63) is 90.5 Å². The van der Waals surface area contributed by atoms with Crippen LogP contribution in [-0.2, 0) is 4.79 Å². The van der Waals surface area contributed by atoms with Crippen molar-refractivity contribution in [2.24, 2.45) is 0 Å². The average Bonchev–Trinajstić information content (AvgIpc) is 2.92. The summed E-state index contributed by atoms with van der Waals surface area (Å²) in [6.45, 7) is 3.58. The van der Waals surface area contributed by atoms with Gasteiger partial charge in [0.1, 0.15) is 5.03 Å². The van der Waals surface area contributed by atoms with Gasteiger partial charge in [0, 0.05) is 36.8 Å². The van der Waals surface area contributed by atoms with Gasteiger partial charge in [-0.15, -0.1) is 10.2 Å². The second-order valence-corrected chi connectivity index (χ2v) is 9.66. The van der Waals surface area contributed by atoms with Crippen molar-refractivity contribution in [1.82, 2.24) is 20.0 Å². The zero-order valence-corrected chi connectivity index (χ0v) is 20.3. The van der Waals surface area contributed by atoms with Gasteiger partial charge in [0.05, 0.1) is 11.4 Å². The van der Waals surface area contributed by atoms with E-state index in [1.165, 1.54) is 11.8 Å². The molecule has 1 saturated heterocycles. The maximum atomic E-state index is 13.2. The van der Waals surface area contributed by atoms with Crippen LogP contribution in [0.2, 0.25) is 0 Å². The molecule has 0 saturated carbocycles. The Labute approximate surface area is 209 Å². The Morgan fingerprint density at radius 3 is 2.40 bits per heavy atom. The van der Waals surface area contributed by atoms with Crippen LogP contribution in [0.3, 0.4) is 0 Å². The first-order valence-corrected chi connectivity index (χ1v) is 12.7. The van der Waals surface area contributed by atoms with Gasteiger partial charge in [-0.05, 0) is 42.0 Å². The number of aromatic nitrogens is 2. The molecule has 0 radical (unpaired) electrons. The standard InChI is InChI=1S/C28H26N4O2S/c1-20-18-31(15-16-32(20)28(34)24-12-11-21-7-5-6-10-23(21)17-24)27(33)19-35-26-14-13-25(29-30-26)22-8-3-2-4-9-22/h2-14,17,20H,15-16,18-19H2,1H3. The van der Waals surface area contributed by atoms with E-state index in [-0.39, 0.29) is 17.9 Å². The number of piperazine rings is 1. The molecule has 0 aliphatic carbocycles. The first-order chi connectivity index (χ1) is 17.1. The lowest BCUT2D eigenvalue weighted by Crippen LogP contribution is -2.55. The van der Waals surface area contributed by atoms with Crippen LogP contribution in [0.1, 0.15) is 17.3 Å². The number of amides is 2. The summed E-state index contributed by atoms with van der Waals surface area (Å²) in [7, 11) is 0. The Bertz CT molecular complexity index is 1340. The highest BCUT2D eigenvalue weighted by molar-refractivity contribution is 7.99. The number of carbonyl (C=O) groups excluding carboxylic acids is 2. The van der Waals surface area contributed by atoms with Crippen LogP contribution in [0.25, 0.3) is 22.0 Å². The van der Waals surface area contributed by atoms with Crippen molar-refractivity contribution >= 4 is 34.3 Å². The third-order valence-electron chi connectivity index (χ3n) is 6.29. The second kappa shape index (κ2) is 10.3. The predicted molar refractivity (Wildman–Crippen MR) is 139 cm³/mol. The topological polar surface area (TPSA) is 66.4 Å². The van der Waals surface area contributed by atoms with Gasteiger partial charge in [0.25, 0.3) is 5.91 Å². The summed E-state index contributed by atoms with van der Waals surface area (Å²) < 4.78 is 0. The van der Waals surface area contributed by atoms with E-state index in [2.05, 4.69) is 10.2 Å². The molecule has 35 heavy (non-hydrogen) atoms. The van der Waals surface area contributed by atoms with Gasteiger partial charge in [-0.1, -0.05) is 72.4 Å². The highest BCUT2D eigenvalue weighted by Gasteiger charge is 2.30. The van der Waals surface area contributed by atoms with E-state index in [0.29, 0.717) is 31.0 Å². The zero-order chi connectivity index (χ0) is 24.2. The minimum Gasteiger partial charge on any atom is -0.338 e. The maximum Gasteiger partial charge on any atom is 0.254 e. The summed E-state index contributed by atoms with van der Waals surface area (Å²) in [5, 5.41) is 11.4. The maximum absolute atomic E-state index is 13.2. The zero-order valence-electron chi connectivity index (χ0n) is 19.5. The number of hydrogen-bond donors (Lipinski definition) is 0. The van der Waals surface area contributed by atoms with E-state index in [1.807, 2.05) is 102 Å². The van der Waals surface area contributed by atoms with Crippen molar-refractivity contribution < 1.29 is 9.59 Å². The lowest BCUT2D eigenvalue weighted by molar-refractivity contribution is -0.130. The van der Waals surface area contributed by atoms with Crippen LogP contribution in [0.4, 0.5) is 0 Å². The number of nitrogens with zero attached hydrogens (tertiary/aromatic N) is 4. The Morgan fingerprint density at radius 1 is 0.886 bits per heavy atom. The lowest BCUT2D eigenvalue weighted by atomic mass is 10.0. The first kappa shape index (κ1) is 23.1. The predicted octanol–water partition coefficient (Wildman–Crippen LogP) is 4.76. The fraction of sp³-hybridized carbons (Fsp3) is 0.214. The Hall–Kier alpha value is -3.71. The fourth-order valence-corrected chi connectivity index (χ4v) is 5.08.